The first-order valence-corrected chi connectivity index (χ1v) is 5.98. The number of nitrogens with zero attached hydrogens (tertiary/aromatic N) is 1. The average Bonchev–Trinajstić information content (AvgIpc) is 2.17. The molecular weight excluding hydrogens is 182 g/mol. The van der Waals surface area contributed by atoms with Crippen molar-refractivity contribution in [2.45, 2.75) is 37.8 Å². The first-order chi connectivity index (χ1) is 6.15. The van der Waals surface area contributed by atoms with E-state index in [1.165, 1.54) is 11.8 Å². The van der Waals surface area contributed by atoms with Crippen LogP contribution >= 0.6 is 11.8 Å². The van der Waals surface area contributed by atoms with Crippen molar-refractivity contribution in [1.82, 2.24) is 4.90 Å². The number of nitrogens with one attached hydrogen (secondary N) is 1. The molecule has 0 unspecified atom stereocenters. The third-order valence-electron chi connectivity index (χ3n) is 2.80. The Labute approximate surface area is 84.6 Å². The molecule has 1 saturated carbocycles. The number of thioether (sulfide) groups is 1. The molecule has 0 spiro atoms. The molecule has 3 nitrogen and oxygen atoms in total. The van der Waals surface area contributed by atoms with Gasteiger partial charge in [-0.05, 0) is 31.9 Å². The largest absolute Gasteiger partial charge is 0.352 e. The Kier molecular flexibility index (Phi) is 4.06. The molecular formula is C9H19N3S. The molecule has 3 N–H and O–H groups in total. The molecule has 0 saturated heterocycles. The van der Waals surface area contributed by atoms with E-state index in [4.69, 9.17) is 11.1 Å². The van der Waals surface area contributed by atoms with Gasteiger partial charge in [-0.1, -0.05) is 11.8 Å². The zero-order valence-electron chi connectivity index (χ0n) is 8.42. The highest BCUT2D eigenvalue weighted by atomic mass is 32.2. The monoisotopic (exact) mass is 201 g/mol. The lowest BCUT2D eigenvalue weighted by Gasteiger charge is -2.34. The van der Waals surface area contributed by atoms with E-state index in [0.29, 0.717) is 17.3 Å². The second-order valence-corrected chi connectivity index (χ2v) is 4.48. The zero-order valence-corrected chi connectivity index (χ0v) is 9.23. The van der Waals surface area contributed by atoms with E-state index in [2.05, 4.69) is 4.90 Å². The fourth-order valence-corrected chi connectivity index (χ4v) is 2.24. The molecule has 0 aromatic heterocycles. The SMILES string of the molecule is CSC(=N)N(C)[C@H]1CC[C@H](N)CC1. The second kappa shape index (κ2) is 4.86. The fraction of sp³-hybridized carbons (Fsp3) is 0.889. The summed E-state index contributed by atoms with van der Waals surface area (Å²) in [6, 6.07) is 0.938. The summed E-state index contributed by atoms with van der Waals surface area (Å²) in [5.41, 5.74) is 5.83. The fourth-order valence-electron chi connectivity index (χ4n) is 1.80. The van der Waals surface area contributed by atoms with Crippen LogP contribution in [0.15, 0.2) is 0 Å². The van der Waals surface area contributed by atoms with Gasteiger partial charge in [-0.3, -0.25) is 5.41 Å². The number of nitrogens with two attached hydrogens (primary N) is 1. The van der Waals surface area contributed by atoms with Gasteiger partial charge in [0.25, 0.3) is 0 Å². The van der Waals surface area contributed by atoms with Crippen LogP contribution in [-0.2, 0) is 0 Å². The summed E-state index contributed by atoms with van der Waals surface area (Å²) in [4.78, 5) is 2.08. The Bertz CT molecular complexity index is 176. The highest BCUT2D eigenvalue weighted by Gasteiger charge is 2.22. The van der Waals surface area contributed by atoms with Crippen LogP contribution in [0, 0.1) is 5.41 Å². The Morgan fingerprint density at radius 2 is 1.92 bits per heavy atom. The number of amidine groups is 1. The predicted molar refractivity (Wildman–Crippen MR) is 59.2 cm³/mol. The summed E-state index contributed by atoms with van der Waals surface area (Å²) in [5.74, 6) is 0. The van der Waals surface area contributed by atoms with Gasteiger partial charge in [-0.25, -0.2) is 0 Å². The quantitative estimate of drug-likeness (QED) is 0.499. The van der Waals surface area contributed by atoms with Crippen molar-refractivity contribution in [3.8, 4) is 0 Å². The van der Waals surface area contributed by atoms with Crippen LogP contribution in [0.1, 0.15) is 25.7 Å². The van der Waals surface area contributed by atoms with Gasteiger partial charge in [0.15, 0.2) is 5.17 Å². The van der Waals surface area contributed by atoms with Gasteiger partial charge >= 0.3 is 0 Å². The normalized spacial score (nSPS) is 28.5. The zero-order chi connectivity index (χ0) is 9.84. The molecule has 0 aromatic carbocycles. The van der Waals surface area contributed by atoms with E-state index in [0.717, 1.165) is 25.7 Å². The summed E-state index contributed by atoms with van der Waals surface area (Å²) in [6.45, 7) is 0. The Balaban J connectivity index is 2.39. The lowest BCUT2D eigenvalue weighted by Crippen LogP contribution is -2.40. The molecule has 4 heteroatoms. The summed E-state index contributed by atoms with van der Waals surface area (Å²) < 4.78 is 0. The van der Waals surface area contributed by atoms with E-state index in [1.54, 1.807) is 0 Å². The van der Waals surface area contributed by atoms with E-state index in [9.17, 15) is 0 Å². The van der Waals surface area contributed by atoms with Gasteiger partial charge in [0, 0.05) is 19.1 Å². The van der Waals surface area contributed by atoms with Gasteiger partial charge < -0.3 is 10.6 Å². The minimum atomic E-state index is 0.396. The van der Waals surface area contributed by atoms with Gasteiger partial charge in [-0.2, -0.15) is 0 Å². The van der Waals surface area contributed by atoms with E-state index >= 15 is 0 Å². The van der Waals surface area contributed by atoms with Crippen molar-refractivity contribution < 1.29 is 0 Å². The molecule has 13 heavy (non-hydrogen) atoms. The second-order valence-electron chi connectivity index (χ2n) is 3.69. The van der Waals surface area contributed by atoms with Gasteiger partial charge in [-0.15, -0.1) is 0 Å². The minimum absolute atomic E-state index is 0.396. The lowest BCUT2D eigenvalue weighted by atomic mass is 9.91. The average molecular weight is 201 g/mol. The summed E-state index contributed by atoms with van der Waals surface area (Å²) in [7, 11) is 2.01. The van der Waals surface area contributed by atoms with E-state index in [-0.39, 0.29) is 0 Å². The molecule has 0 aromatic rings. The van der Waals surface area contributed by atoms with Crippen LogP contribution in [-0.4, -0.2) is 35.5 Å². The highest BCUT2D eigenvalue weighted by molar-refractivity contribution is 8.13. The smallest absolute Gasteiger partial charge is 0.156 e. The maximum absolute atomic E-state index is 7.69. The molecule has 1 aliphatic rings. The molecule has 0 amide bonds. The van der Waals surface area contributed by atoms with Gasteiger partial charge in [0.2, 0.25) is 0 Å². The maximum atomic E-state index is 7.69. The summed E-state index contributed by atoms with van der Waals surface area (Å²) >= 11 is 1.51. The van der Waals surface area contributed by atoms with Gasteiger partial charge in [0.1, 0.15) is 0 Å². The Morgan fingerprint density at radius 3 is 2.38 bits per heavy atom. The minimum Gasteiger partial charge on any atom is -0.352 e. The van der Waals surface area contributed by atoms with Crippen LogP contribution in [0.25, 0.3) is 0 Å². The van der Waals surface area contributed by atoms with Crippen LogP contribution in [0.5, 0.6) is 0 Å². The van der Waals surface area contributed by atoms with Crippen molar-refractivity contribution in [2.75, 3.05) is 13.3 Å². The van der Waals surface area contributed by atoms with Crippen LogP contribution < -0.4 is 5.73 Å². The maximum Gasteiger partial charge on any atom is 0.156 e. The predicted octanol–water partition coefficient (Wildman–Crippen LogP) is 1.49. The van der Waals surface area contributed by atoms with Crippen molar-refractivity contribution in [2.24, 2.45) is 5.73 Å². The number of hydrogen-bond donors (Lipinski definition) is 2. The molecule has 76 valence electrons. The highest BCUT2D eigenvalue weighted by Crippen LogP contribution is 2.22. The molecule has 0 radical (unpaired) electrons. The first-order valence-electron chi connectivity index (χ1n) is 4.76. The third-order valence-corrected chi connectivity index (χ3v) is 3.48. The van der Waals surface area contributed by atoms with E-state index < -0.39 is 0 Å². The molecule has 1 fully saturated rings. The molecule has 1 aliphatic carbocycles. The molecule has 0 bridgehead atoms. The molecule has 0 heterocycles. The van der Waals surface area contributed by atoms with Crippen LogP contribution in [0.2, 0.25) is 0 Å². The Hall–Kier alpha value is -0.220. The lowest BCUT2D eigenvalue weighted by molar-refractivity contribution is 0.264. The summed E-state index contributed by atoms with van der Waals surface area (Å²) in [5, 5.41) is 8.35. The molecule has 1 rings (SSSR count). The van der Waals surface area contributed by atoms with E-state index in [1.807, 2.05) is 13.3 Å². The summed E-state index contributed by atoms with van der Waals surface area (Å²) in [6.07, 6.45) is 6.45. The van der Waals surface area contributed by atoms with Crippen molar-refractivity contribution in [3.63, 3.8) is 0 Å². The van der Waals surface area contributed by atoms with Crippen molar-refractivity contribution in [1.29, 1.82) is 5.41 Å². The standard InChI is InChI=1S/C9H19N3S/c1-12(9(11)13-2)8-5-3-7(10)4-6-8/h7-8,11H,3-6,10H2,1-2H3/t7-,8-. The van der Waals surface area contributed by atoms with Crippen LogP contribution in [0.3, 0.4) is 0 Å². The number of hydrogen-bond acceptors (Lipinski definition) is 3. The Morgan fingerprint density at radius 1 is 1.38 bits per heavy atom. The first kappa shape index (κ1) is 10.9. The van der Waals surface area contributed by atoms with Crippen molar-refractivity contribution in [3.05, 3.63) is 0 Å². The third kappa shape index (κ3) is 2.88. The molecule has 0 aliphatic heterocycles. The van der Waals surface area contributed by atoms with Crippen molar-refractivity contribution >= 4 is 16.9 Å². The molecule has 0 atom stereocenters. The topological polar surface area (TPSA) is 53.1 Å². The number of rotatable bonds is 1. The van der Waals surface area contributed by atoms with Gasteiger partial charge in [0.05, 0.1) is 0 Å². The van der Waals surface area contributed by atoms with Crippen LogP contribution in [0.4, 0.5) is 0 Å².